The summed E-state index contributed by atoms with van der Waals surface area (Å²) in [6.07, 6.45) is 32.7. The van der Waals surface area contributed by atoms with Crippen LogP contribution in [0.1, 0.15) is 253 Å². The highest BCUT2D eigenvalue weighted by atomic mass is 16.3. The Hall–Kier alpha value is -1.34. The van der Waals surface area contributed by atoms with E-state index in [2.05, 4.69) is 48.1 Å². The van der Waals surface area contributed by atoms with Crippen molar-refractivity contribution in [1.82, 2.24) is 20.4 Å². The highest BCUT2D eigenvalue weighted by Gasteiger charge is 2.27. The summed E-state index contributed by atoms with van der Waals surface area (Å²) in [6, 6.07) is 0. The lowest BCUT2D eigenvalue weighted by molar-refractivity contribution is -0.130. The maximum Gasteiger partial charge on any atom is 0.222 e. The minimum absolute atomic E-state index is 0.168. The zero-order valence-electron chi connectivity index (χ0n) is 43.5. The summed E-state index contributed by atoms with van der Waals surface area (Å²) in [6.45, 7) is 15.0. The van der Waals surface area contributed by atoms with Crippen LogP contribution < -0.4 is 10.6 Å². The zero-order valence-corrected chi connectivity index (χ0v) is 43.5. The number of carbonyl (C=O) groups excluding carboxylic acids is 2. The number of carbonyl (C=O) groups is 2. The fourth-order valence-electron chi connectivity index (χ4n) is 8.97. The van der Waals surface area contributed by atoms with Gasteiger partial charge in [0.25, 0.3) is 0 Å². The molecule has 0 bridgehead atoms. The summed E-state index contributed by atoms with van der Waals surface area (Å²) >= 11 is 0. The summed E-state index contributed by atoms with van der Waals surface area (Å²) < 4.78 is 0. The van der Waals surface area contributed by atoms with E-state index in [1.807, 2.05) is 0 Å². The van der Waals surface area contributed by atoms with Gasteiger partial charge < -0.3 is 36.2 Å². The third kappa shape index (κ3) is 43.7. The topological polar surface area (TPSA) is 166 Å². The van der Waals surface area contributed by atoms with Gasteiger partial charge in [-0.15, -0.1) is 0 Å². The molecule has 0 aromatic rings. The molecule has 7 N–H and O–H groups in total. The number of rotatable bonds is 50. The second-order valence-electron chi connectivity index (χ2n) is 20.3. The zero-order chi connectivity index (χ0) is 48.2. The molecule has 0 heterocycles. The van der Waals surface area contributed by atoms with E-state index in [0.29, 0.717) is 39.3 Å². The lowest BCUT2D eigenvalue weighted by atomic mass is 9.97. The van der Waals surface area contributed by atoms with Crippen molar-refractivity contribution in [2.75, 3.05) is 52.4 Å². The first-order valence-corrected chi connectivity index (χ1v) is 27.8. The van der Waals surface area contributed by atoms with E-state index in [-0.39, 0.29) is 24.7 Å². The Morgan fingerprint density at radius 2 is 0.646 bits per heavy atom. The summed E-state index contributed by atoms with van der Waals surface area (Å²) in [5, 5.41) is 60.2. The van der Waals surface area contributed by atoms with Gasteiger partial charge in [-0.1, -0.05) is 182 Å². The molecule has 0 saturated heterocycles. The predicted molar refractivity (Wildman–Crippen MR) is 273 cm³/mol. The molecular formula is C54H110N4O7. The number of unbranched alkanes of at least 4 members (excludes halogenated alkanes) is 22. The number of nitrogens with zero attached hydrogens (tertiary/aromatic N) is 2. The number of hydrogen-bond donors (Lipinski definition) is 7. The lowest BCUT2D eigenvalue weighted by Crippen LogP contribution is -2.40. The van der Waals surface area contributed by atoms with Crippen molar-refractivity contribution in [3.63, 3.8) is 0 Å². The minimum Gasteiger partial charge on any atom is -0.392 e. The molecule has 4 unspecified atom stereocenters. The highest BCUT2D eigenvalue weighted by Crippen LogP contribution is 2.17. The van der Waals surface area contributed by atoms with Crippen molar-refractivity contribution in [3.8, 4) is 0 Å². The van der Waals surface area contributed by atoms with E-state index >= 15 is 0 Å². The van der Waals surface area contributed by atoms with Crippen LogP contribution in [0.4, 0.5) is 0 Å². The molecule has 0 aliphatic rings. The molecule has 0 spiro atoms. The molecule has 11 nitrogen and oxygen atoms in total. The van der Waals surface area contributed by atoms with Crippen LogP contribution in [0.2, 0.25) is 0 Å². The molecule has 0 aromatic carbocycles. The molecule has 0 rings (SSSR count). The first kappa shape index (κ1) is 63.7. The quantitative estimate of drug-likeness (QED) is 0.0294. The van der Waals surface area contributed by atoms with Crippen molar-refractivity contribution in [2.45, 2.75) is 283 Å². The van der Waals surface area contributed by atoms with Gasteiger partial charge in [0.05, 0.1) is 42.9 Å². The second kappa shape index (κ2) is 45.1. The SMILES string of the molecule is CCCCCCCCC(O)CN(CCCCNC(=O)CC(C)(O)CC(=O)NCCCCN(CC(O)CCCCCCCC)CC(O)CCCCCCCC)CC(O)CCCCCCCC. The van der Waals surface area contributed by atoms with E-state index in [4.69, 9.17) is 0 Å². The van der Waals surface area contributed by atoms with E-state index in [0.717, 1.165) is 116 Å². The Labute approximate surface area is 401 Å². The van der Waals surface area contributed by atoms with E-state index in [9.17, 15) is 35.1 Å². The van der Waals surface area contributed by atoms with Crippen LogP contribution in [0.25, 0.3) is 0 Å². The number of aliphatic hydroxyl groups excluding tert-OH is 4. The first-order valence-electron chi connectivity index (χ1n) is 27.8. The molecule has 0 aromatic heterocycles. The van der Waals surface area contributed by atoms with Crippen LogP contribution in [0.15, 0.2) is 0 Å². The third-order valence-corrected chi connectivity index (χ3v) is 13.0. The summed E-state index contributed by atoms with van der Waals surface area (Å²) in [5.74, 6) is -0.582. The largest absolute Gasteiger partial charge is 0.392 e. The second-order valence-corrected chi connectivity index (χ2v) is 20.3. The fourth-order valence-corrected chi connectivity index (χ4v) is 8.97. The Morgan fingerprint density at radius 1 is 0.400 bits per heavy atom. The Balaban J connectivity index is 4.75. The van der Waals surface area contributed by atoms with Crippen LogP contribution in [0, 0.1) is 0 Å². The number of hydrogen-bond acceptors (Lipinski definition) is 9. The van der Waals surface area contributed by atoms with Gasteiger partial charge in [0.1, 0.15) is 0 Å². The normalized spacial score (nSPS) is 14.7. The summed E-state index contributed by atoms with van der Waals surface area (Å²) in [4.78, 5) is 30.0. The van der Waals surface area contributed by atoms with Crippen molar-refractivity contribution < 1.29 is 35.1 Å². The van der Waals surface area contributed by atoms with Gasteiger partial charge in [0, 0.05) is 39.3 Å². The fraction of sp³-hybridized carbons (Fsp3) is 0.963. The highest BCUT2D eigenvalue weighted by molar-refractivity contribution is 5.80. The van der Waals surface area contributed by atoms with Gasteiger partial charge in [0.2, 0.25) is 11.8 Å². The van der Waals surface area contributed by atoms with Crippen LogP contribution in [0.5, 0.6) is 0 Å². The number of nitrogens with one attached hydrogen (secondary N) is 2. The maximum atomic E-state index is 12.8. The van der Waals surface area contributed by atoms with Crippen LogP contribution in [-0.4, -0.2) is 130 Å². The predicted octanol–water partition coefficient (Wildman–Crippen LogP) is 10.4. The molecule has 0 aliphatic carbocycles. The molecule has 388 valence electrons. The third-order valence-electron chi connectivity index (χ3n) is 13.0. The van der Waals surface area contributed by atoms with Gasteiger partial charge in [-0.2, -0.15) is 0 Å². The van der Waals surface area contributed by atoms with Crippen LogP contribution in [0.3, 0.4) is 0 Å². The molecule has 0 radical (unpaired) electrons. The molecule has 0 fully saturated rings. The van der Waals surface area contributed by atoms with Crippen molar-refractivity contribution >= 4 is 11.8 Å². The molecule has 4 atom stereocenters. The molecule has 0 saturated carbocycles. The van der Waals surface area contributed by atoms with Gasteiger partial charge >= 0.3 is 0 Å². The first-order chi connectivity index (χ1) is 31.3. The molecule has 0 aliphatic heterocycles. The van der Waals surface area contributed by atoms with Gasteiger partial charge in [-0.25, -0.2) is 0 Å². The number of aliphatic hydroxyl groups is 5. The Morgan fingerprint density at radius 3 is 0.908 bits per heavy atom. The van der Waals surface area contributed by atoms with E-state index in [1.165, 1.54) is 110 Å². The molecule has 11 heteroatoms. The van der Waals surface area contributed by atoms with Gasteiger partial charge in [-0.3, -0.25) is 19.4 Å². The standard InChI is InChI=1S/C54H110N4O7/c1-6-10-14-18-22-26-34-48(59)44-57(45-49(60)35-27-23-19-15-11-7-2)40-32-30-38-55-52(63)42-54(5,65)43-53(64)56-39-31-33-41-58(46-50(61)36-28-24-20-16-12-8-3)47-51(62)37-29-25-21-17-13-9-4/h48-51,59-62,65H,6-47H2,1-5H3,(H,55,63)(H,56,64). The van der Waals surface area contributed by atoms with Crippen LogP contribution in [-0.2, 0) is 9.59 Å². The Bertz CT molecular complexity index is 927. The van der Waals surface area contributed by atoms with Crippen LogP contribution >= 0.6 is 0 Å². The monoisotopic (exact) mass is 927 g/mol. The van der Waals surface area contributed by atoms with E-state index < -0.39 is 30.0 Å². The lowest BCUT2D eigenvalue weighted by Gasteiger charge is -2.27. The molecular weight excluding hydrogens is 817 g/mol. The smallest absolute Gasteiger partial charge is 0.222 e. The molecule has 65 heavy (non-hydrogen) atoms. The van der Waals surface area contributed by atoms with Gasteiger partial charge in [0.15, 0.2) is 0 Å². The Kier molecular flexibility index (Phi) is 44.2. The van der Waals surface area contributed by atoms with Crippen molar-refractivity contribution in [2.24, 2.45) is 0 Å². The van der Waals surface area contributed by atoms with E-state index in [1.54, 1.807) is 0 Å². The minimum atomic E-state index is -1.47. The summed E-state index contributed by atoms with van der Waals surface area (Å²) in [7, 11) is 0. The number of amides is 2. The van der Waals surface area contributed by atoms with Gasteiger partial charge in [-0.05, 0) is 71.4 Å². The van der Waals surface area contributed by atoms with Crippen molar-refractivity contribution in [3.05, 3.63) is 0 Å². The average molecular weight is 927 g/mol. The molecule has 2 amide bonds. The summed E-state index contributed by atoms with van der Waals surface area (Å²) in [5.41, 5.74) is -1.47. The maximum absolute atomic E-state index is 12.8. The van der Waals surface area contributed by atoms with Crippen molar-refractivity contribution in [1.29, 1.82) is 0 Å². The average Bonchev–Trinajstić information content (AvgIpc) is 3.25.